The molecule has 7 heteroatoms. The maximum atomic E-state index is 12.0. The van der Waals surface area contributed by atoms with Gasteiger partial charge in [-0.3, -0.25) is 4.79 Å². The smallest absolute Gasteiger partial charge is 0.253 e. The molecular weight excluding hydrogens is 266 g/mol. The molecule has 3 N–H and O–H groups in total. The summed E-state index contributed by atoms with van der Waals surface area (Å²) in [6.07, 6.45) is 0. The van der Waals surface area contributed by atoms with Crippen molar-refractivity contribution in [3.8, 4) is 0 Å². The number of nitrogens with zero attached hydrogens (tertiary/aromatic N) is 1. The molecule has 0 aliphatic rings. The van der Waals surface area contributed by atoms with Gasteiger partial charge in [0, 0.05) is 32.2 Å². The highest BCUT2D eigenvalue weighted by Crippen LogP contribution is 2.12. The Morgan fingerprint density at radius 3 is 2.26 bits per heavy atom. The summed E-state index contributed by atoms with van der Waals surface area (Å²) in [7, 11) is -0.316. The first-order chi connectivity index (χ1) is 8.77. The van der Waals surface area contributed by atoms with Gasteiger partial charge in [-0.25, -0.2) is 13.1 Å². The van der Waals surface area contributed by atoms with Gasteiger partial charge < -0.3 is 10.6 Å². The fourth-order valence-corrected chi connectivity index (χ4v) is 2.67. The van der Waals surface area contributed by atoms with Crippen molar-refractivity contribution in [1.29, 1.82) is 0 Å². The number of hydrogen-bond acceptors (Lipinski definition) is 4. The Balaban J connectivity index is 2.96. The number of rotatable bonds is 5. The molecule has 0 heterocycles. The highest BCUT2D eigenvalue weighted by molar-refractivity contribution is 7.89. The molecule has 6 nitrogen and oxygen atoms in total. The molecule has 1 atom stereocenters. The summed E-state index contributed by atoms with van der Waals surface area (Å²) in [5.74, 6) is -0.174. The van der Waals surface area contributed by atoms with Crippen LogP contribution >= 0.6 is 0 Å². The zero-order valence-electron chi connectivity index (χ0n) is 11.3. The van der Waals surface area contributed by atoms with Gasteiger partial charge >= 0.3 is 0 Å². The van der Waals surface area contributed by atoms with Gasteiger partial charge in [0.05, 0.1) is 4.90 Å². The minimum absolute atomic E-state index is 0.114. The molecule has 0 fully saturated rings. The van der Waals surface area contributed by atoms with Crippen LogP contribution in [0.5, 0.6) is 0 Å². The molecule has 1 aromatic rings. The molecule has 0 aliphatic heterocycles. The van der Waals surface area contributed by atoms with E-state index >= 15 is 0 Å². The Kier molecular flexibility index (Phi) is 5.04. The van der Waals surface area contributed by atoms with E-state index in [1.807, 2.05) is 0 Å². The molecule has 0 bridgehead atoms. The molecule has 0 spiro atoms. The van der Waals surface area contributed by atoms with Crippen LogP contribution in [0.1, 0.15) is 17.3 Å². The van der Waals surface area contributed by atoms with Gasteiger partial charge in [-0.1, -0.05) is 0 Å². The predicted octanol–water partition coefficient (Wildman–Crippen LogP) is 0.0139. The molecule has 0 unspecified atom stereocenters. The second-order valence-electron chi connectivity index (χ2n) is 4.48. The summed E-state index contributed by atoms with van der Waals surface area (Å²) in [5, 5.41) is 0. The van der Waals surface area contributed by atoms with Gasteiger partial charge in [0.1, 0.15) is 0 Å². The van der Waals surface area contributed by atoms with E-state index in [1.54, 1.807) is 21.0 Å². The summed E-state index contributed by atoms with van der Waals surface area (Å²) in [6, 6.07) is 5.45. The Bertz CT molecular complexity index is 538. The summed E-state index contributed by atoms with van der Waals surface area (Å²) in [4.78, 5) is 13.2. The predicted molar refractivity (Wildman–Crippen MR) is 73.3 cm³/mol. The van der Waals surface area contributed by atoms with Crippen LogP contribution in [0.25, 0.3) is 0 Å². The van der Waals surface area contributed by atoms with Crippen LogP contribution in [0.3, 0.4) is 0 Å². The molecule has 0 saturated heterocycles. The first-order valence-corrected chi connectivity index (χ1v) is 7.30. The van der Waals surface area contributed by atoms with Crippen LogP contribution in [0, 0.1) is 0 Å². The molecule has 106 valence electrons. The highest BCUT2D eigenvalue weighted by atomic mass is 32.2. The van der Waals surface area contributed by atoms with E-state index < -0.39 is 10.0 Å². The number of benzene rings is 1. The fourth-order valence-electron chi connectivity index (χ4n) is 1.42. The van der Waals surface area contributed by atoms with Gasteiger partial charge in [0.15, 0.2) is 0 Å². The van der Waals surface area contributed by atoms with E-state index in [9.17, 15) is 13.2 Å². The first-order valence-electron chi connectivity index (χ1n) is 5.82. The van der Waals surface area contributed by atoms with Gasteiger partial charge in [0.25, 0.3) is 5.91 Å². The third-order valence-electron chi connectivity index (χ3n) is 2.53. The summed E-state index contributed by atoms with van der Waals surface area (Å²) >= 11 is 0. The summed E-state index contributed by atoms with van der Waals surface area (Å²) < 4.78 is 26.4. The quantitative estimate of drug-likeness (QED) is 0.797. The van der Waals surface area contributed by atoms with Crippen LogP contribution in [0.2, 0.25) is 0 Å². The summed E-state index contributed by atoms with van der Waals surface area (Å²) in [5.41, 5.74) is 5.82. The molecular formula is C12H19N3O3S. The van der Waals surface area contributed by atoms with Gasteiger partial charge in [-0.2, -0.15) is 0 Å². The Hall–Kier alpha value is -1.44. The van der Waals surface area contributed by atoms with E-state index in [0.29, 0.717) is 5.56 Å². The number of amides is 1. The third-order valence-corrected chi connectivity index (χ3v) is 4.13. The van der Waals surface area contributed by atoms with Crippen molar-refractivity contribution in [3.05, 3.63) is 29.8 Å². The average molecular weight is 285 g/mol. The van der Waals surface area contributed by atoms with E-state index in [0.717, 1.165) is 0 Å². The van der Waals surface area contributed by atoms with Crippen LogP contribution < -0.4 is 10.5 Å². The number of hydrogen-bond donors (Lipinski definition) is 2. The van der Waals surface area contributed by atoms with Crippen molar-refractivity contribution >= 4 is 15.9 Å². The molecule has 1 amide bonds. The van der Waals surface area contributed by atoms with Crippen molar-refractivity contribution in [1.82, 2.24) is 9.62 Å². The monoisotopic (exact) mass is 285 g/mol. The standard InChI is InChI=1S/C12H19N3O3S/c1-9(8-13)14-19(17,18)11-6-4-10(5-7-11)12(16)15(2)3/h4-7,9,14H,8,13H2,1-3H3/t9-/m0/s1. The molecule has 0 saturated carbocycles. The van der Waals surface area contributed by atoms with Crippen LogP contribution in [-0.2, 0) is 10.0 Å². The van der Waals surface area contributed by atoms with Crippen LogP contribution in [-0.4, -0.2) is 45.9 Å². The summed E-state index contributed by atoms with van der Waals surface area (Å²) in [6.45, 7) is 1.90. The minimum atomic E-state index is -3.59. The van der Waals surface area contributed by atoms with E-state index in [4.69, 9.17) is 5.73 Å². The lowest BCUT2D eigenvalue weighted by molar-refractivity contribution is 0.0827. The van der Waals surface area contributed by atoms with Crippen molar-refractivity contribution in [2.24, 2.45) is 5.73 Å². The lowest BCUT2D eigenvalue weighted by atomic mass is 10.2. The van der Waals surface area contributed by atoms with Gasteiger partial charge in [-0.05, 0) is 31.2 Å². The molecule has 0 radical (unpaired) electrons. The third kappa shape index (κ3) is 4.02. The zero-order valence-corrected chi connectivity index (χ0v) is 12.1. The number of nitrogens with one attached hydrogen (secondary N) is 1. The number of carbonyl (C=O) groups is 1. The number of nitrogens with two attached hydrogens (primary N) is 1. The lowest BCUT2D eigenvalue weighted by Crippen LogP contribution is -2.37. The maximum absolute atomic E-state index is 12.0. The van der Waals surface area contributed by atoms with Crippen molar-refractivity contribution in [2.45, 2.75) is 17.9 Å². The van der Waals surface area contributed by atoms with E-state index in [-0.39, 0.29) is 23.4 Å². The van der Waals surface area contributed by atoms with E-state index in [1.165, 1.54) is 29.2 Å². The van der Waals surface area contributed by atoms with Crippen LogP contribution in [0.15, 0.2) is 29.2 Å². The Labute approximate surface area is 113 Å². The van der Waals surface area contributed by atoms with Crippen molar-refractivity contribution < 1.29 is 13.2 Å². The maximum Gasteiger partial charge on any atom is 0.253 e. The fraction of sp³-hybridized carbons (Fsp3) is 0.417. The Morgan fingerprint density at radius 1 is 1.32 bits per heavy atom. The normalized spacial score (nSPS) is 13.1. The average Bonchev–Trinajstić information content (AvgIpc) is 2.37. The number of carbonyl (C=O) groups excluding carboxylic acids is 1. The molecule has 1 rings (SSSR count). The highest BCUT2D eigenvalue weighted by Gasteiger charge is 2.17. The minimum Gasteiger partial charge on any atom is -0.345 e. The largest absolute Gasteiger partial charge is 0.345 e. The first kappa shape index (κ1) is 15.6. The van der Waals surface area contributed by atoms with E-state index in [2.05, 4.69) is 4.72 Å². The second-order valence-corrected chi connectivity index (χ2v) is 6.20. The zero-order chi connectivity index (χ0) is 14.6. The topological polar surface area (TPSA) is 92.5 Å². The number of sulfonamides is 1. The molecule has 0 aliphatic carbocycles. The SMILES string of the molecule is C[C@@H](CN)NS(=O)(=O)c1ccc(C(=O)N(C)C)cc1. The molecule has 0 aromatic heterocycles. The van der Waals surface area contributed by atoms with Crippen molar-refractivity contribution in [2.75, 3.05) is 20.6 Å². The van der Waals surface area contributed by atoms with Crippen molar-refractivity contribution in [3.63, 3.8) is 0 Å². The van der Waals surface area contributed by atoms with Crippen LogP contribution in [0.4, 0.5) is 0 Å². The van der Waals surface area contributed by atoms with Gasteiger partial charge in [-0.15, -0.1) is 0 Å². The van der Waals surface area contributed by atoms with Gasteiger partial charge in [0.2, 0.25) is 10.0 Å². The Morgan fingerprint density at radius 2 is 1.84 bits per heavy atom. The molecule has 19 heavy (non-hydrogen) atoms. The second kappa shape index (κ2) is 6.14. The molecule has 1 aromatic carbocycles. The lowest BCUT2D eigenvalue weighted by Gasteiger charge is -2.13.